The van der Waals surface area contributed by atoms with Crippen molar-refractivity contribution in [3.8, 4) is 0 Å². The summed E-state index contributed by atoms with van der Waals surface area (Å²) in [6, 6.07) is 3.59. The molecule has 1 aromatic carbocycles. The van der Waals surface area contributed by atoms with E-state index in [9.17, 15) is 4.79 Å². The standard InChI is InChI=1S/C16H22ClN3O/c1-10(2)16(21)20-5-3-11(4-6-20)13-7-12(17)8-15(19)14(13)9-18/h7-11,18H,3-6,19H2,1-2H3. The van der Waals surface area contributed by atoms with Crippen LogP contribution in [0.4, 0.5) is 5.69 Å². The molecule has 0 aromatic heterocycles. The highest BCUT2D eigenvalue weighted by molar-refractivity contribution is 6.31. The minimum Gasteiger partial charge on any atom is -0.398 e. The Morgan fingerprint density at radius 3 is 2.57 bits per heavy atom. The van der Waals surface area contributed by atoms with Crippen molar-refractivity contribution in [2.24, 2.45) is 5.92 Å². The lowest BCUT2D eigenvalue weighted by Crippen LogP contribution is -2.40. The number of hydrogen-bond donors (Lipinski definition) is 2. The van der Waals surface area contributed by atoms with E-state index in [0.717, 1.165) is 37.1 Å². The molecule has 2 rings (SSSR count). The molecule has 0 atom stereocenters. The van der Waals surface area contributed by atoms with Crippen molar-refractivity contribution in [3.05, 3.63) is 28.3 Å². The first kappa shape index (κ1) is 15.8. The monoisotopic (exact) mass is 307 g/mol. The maximum Gasteiger partial charge on any atom is 0.225 e. The molecule has 0 aliphatic carbocycles. The van der Waals surface area contributed by atoms with E-state index in [-0.39, 0.29) is 11.8 Å². The van der Waals surface area contributed by atoms with Crippen LogP contribution in [-0.2, 0) is 4.79 Å². The number of carbonyl (C=O) groups is 1. The number of halogens is 1. The van der Waals surface area contributed by atoms with Crippen molar-refractivity contribution < 1.29 is 4.79 Å². The maximum atomic E-state index is 12.0. The molecular formula is C16H22ClN3O. The van der Waals surface area contributed by atoms with Crippen molar-refractivity contribution in [2.45, 2.75) is 32.6 Å². The van der Waals surface area contributed by atoms with Crippen molar-refractivity contribution in [1.82, 2.24) is 4.90 Å². The zero-order valence-corrected chi connectivity index (χ0v) is 13.3. The molecule has 0 unspecified atom stereocenters. The van der Waals surface area contributed by atoms with Crippen molar-refractivity contribution >= 4 is 29.4 Å². The number of piperidine rings is 1. The third-order valence-electron chi connectivity index (χ3n) is 4.09. The van der Waals surface area contributed by atoms with Crippen LogP contribution in [0.5, 0.6) is 0 Å². The average Bonchev–Trinajstić information content (AvgIpc) is 2.46. The maximum absolute atomic E-state index is 12.0. The number of benzene rings is 1. The topological polar surface area (TPSA) is 70.2 Å². The van der Waals surface area contributed by atoms with E-state index in [4.69, 9.17) is 22.7 Å². The summed E-state index contributed by atoms with van der Waals surface area (Å²) in [6.45, 7) is 5.37. The van der Waals surface area contributed by atoms with Gasteiger partial charge in [-0.1, -0.05) is 25.4 Å². The predicted octanol–water partition coefficient (Wildman–Crippen LogP) is 3.28. The zero-order valence-electron chi connectivity index (χ0n) is 12.5. The van der Waals surface area contributed by atoms with Gasteiger partial charge >= 0.3 is 0 Å². The highest BCUT2D eigenvalue weighted by atomic mass is 35.5. The molecule has 1 aliphatic heterocycles. The number of amides is 1. The van der Waals surface area contributed by atoms with Gasteiger partial charge in [0.05, 0.1) is 0 Å². The summed E-state index contributed by atoms with van der Waals surface area (Å²) < 4.78 is 0. The average molecular weight is 308 g/mol. The minimum atomic E-state index is 0.0421. The SMILES string of the molecule is CC(C)C(=O)N1CCC(c2cc(Cl)cc(N)c2C=N)CC1. The van der Waals surface area contributed by atoms with Gasteiger partial charge in [-0.2, -0.15) is 0 Å². The smallest absolute Gasteiger partial charge is 0.225 e. The lowest BCUT2D eigenvalue weighted by molar-refractivity contribution is -0.135. The first-order valence-corrected chi connectivity index (χ1v) is 7.70. The van der Waals surface area contributed by atoms with E-state index in [1.54, 1.807) is 6.07 Å². The molecule has 0 saturated carbocycles. The predicted molar refractivity (Wildman–Crippen MR) is 87.1 cm³/mol. The summed E-state index contributed by atoms with van der Waals surface area (Å²) in [7, 11) is 0. The lowest BCUT2D eigenvalue weighted by Gasteiger charge is -2.34. The molecular weight excluding hydrogens is 286 g/mol. The van der Waals surface area contributed by atoms with Gasteiger partial charge in [0.25, 0.3) is 0 Å². The molecule has 1 aromatic rings. The highest BCUT2D eigenvalue weighted by Gasteiger charge is 2.26. The van der Waals surface area contributed by atoms with Crippen LogP contribution in [0.2, 0.25) is 5.02 Å². The summed E-state index contributed by atoms with van der Waals surface area (Å²) in [4.78, 5) is 14.0. The van der Waals surface area contributed by atoms with Gasteiger partial charge in [-0.25, -0.2) is 0 Å². The fourth-order valence-corrected chi connectivity index (χ4v) is 3.18. The van der Waals surface area contributed by atoms with Gasteiger partial charge in [-0.3, -0.25) is 4.79 Å². The summed E-state index contributed by atoms with van der Waals surface area (Å²) in [5, 5.41) is 8.17. The summed E-state index contributed by atoms with van der Waals surface area (Å²) in [6.07, 6.45) is 3.07. The fraction of sp³-hybridized carbons (Fsp3) is 0.500. The number of rotatable bonds is 3. The van der Waals surface area contributed by atoms with Crippen molar-refractivity contribution in [3.63, 3.8) is 0 Å². The number of anilines is 1. The van der Waals surface area contributed by atoms with Crippen molar-refractivity contribution in [1.29, 1.82) is 5.41 Å². The Bertz CT molecular complexity index is 549. The van der Waals surface area contributed by atoms with E-state index in [0.29, 0.717) is 16.6 Å². The molecule has 21 heavy (non-hydrogen) atoms. The van der Waals surface area contributed by atoms with Crippen molar-refractivity contribution in [2.75, 3.05) is 18.8 Å². The van der Waals surface area contributed by atoms with Crippen LogP contribution in [0, 0.1) is 11.3 Å². The number of likely N-dealkylation sites (tertiary alicyclic amines) is 1. The Balaban J connectivity index is 2.16. The number of nitrogen functional groups attached to an aromatic ring is 1. The van der Waals surface area contributed by atoms with Crippen LogP contribution >= 0.6 is 11.6 Å². The number of nitrogens with zero attached hydrogens (tertiary/aromatic N) is 1. The second kappa shape index (κ2) is 6.48. The molecule has 3 N–H and O–H groups in total. The fourth-order valence-electron chi connectivity index (χ4n) is 2.94. The van der Waals surface area contributed by atoms with Crippen LogP contribution in [-0.4, -0.2) is 30.1 Å². The second-order valence-corrected chi connectivity index (χ2v) is 6.33. The van der Waals surface area contributed by atoms with E-state index in [2.05, 4.69) is 0 Å². The summed E-state index contributed by atoms with van der Waals surface area (Å²) in [5.41, 5.74) is 8.30. The Labute approximate surface area is 130 Å². The summed E-state index contributed by atoms with van der Waals surface area (Å²) in [5.74, 6) is 0.561. The molecule has 4 nitrogen and oxygen atoms in total. The third-order valence-corrected chi connectivity index (χ3v) is 4.31. The van der Waals surface area contributed by atoms with Crippen LogP contribution < -0.4 is 5.73 Å². The van der Waals surface area contributed by atoms with Gasteiger partial charge in [0, 0.05) is 41.5 Å². The molecule has 1 fully saturated rings. The third kappa shape index (κ3) is 3.38. The first-order valence-electron chi connectivity index (χ1n) is 7.32. The largest absolute Gasteiger partial charge is 0.398 e. The first-order chi connectivity index (χ1) is 9.93. The molecule has 1 saturated heterocycles. The molecule has 1 heterocycles. The van der Waals surface area contributed by atoms with Gasteiger partial charge < -0.3 is 16.0 Å². The lowest BCUT2D eigenvalue weighted by atomic mass is 9.86. The van der Waals surface area contributed by atoms with E-state index >= 15 is 0 Å². The molecule has 5 heteroatoms. The van der Waals surface area contributed by atoms with Gasteiger partial charge in [-0.15, -0.1) is 0 Å². The minimum absolute atomic E-state index is 0.0421. The summed E-state index contributed by atoms with van der Waals surface area (Å²) >= 11 is 6.10. The van der Waals surface area contributed by atoms with Crippen LogP contribution in [0.15, 0.2) is 12.1 Å². The van der Waals surface area contributed by atoms with Gasteiger partial charge in [0.2, 0.25) is 5.91 Å². The number of hydrogen-bond acceptors (Lipinski definition) is 3. The zero-order chi connectivity index (χ0) is 15.6. The highest BCUT2D eigenvalue weighted by Crippen LogP contribution is 2.34. The van der Waals surface area contributed by atoms with E-state index in [1.165, 1.54) is 6.21 Å². The Kier molecular flexibility index (Phi) is 4.88. The van der Waals surface area contributed by atoms with Gasteiger partial charge in [0.1, 0.15) is 0 Å². The van der Waals surface area contributed by atoms with Gasteiger partial charge in [-0.05, 0) is 36.5 Å². The van der Waals surface area contributed by atoms with Crippen LogP contribution in [0.1, 0.15) is 43.7 Å². The number of carbonyl (C=O) groups excluding carboxylic acids is 1. The Morgan fingerprint density at radius 1 is 1.43 bits per heavy atom. The quantitative estimate of drug-likeness (QED) is 0.664. The normalized spacial score (nSPS) is 16.3. The van der Waals surface area contributed by atoms with E-state index < -0.39 is 0 Å². The van der Waals surface area contributed by atoms with Crippen LogP contribution in [0.25, 0.3) is 0 Å². The molecule has 0 bridgehead atoms. The second-order valence-electron chi connectivity index (χ2n) is 5.90. The Morgan fingerprint density at radius 2 is 2.05 bits per heavy atom. The van der Waals surface area contributed by atoms with Gasteiger partial charge in [0.15, 0.2) is 0 Å². The molecule has 1 aliphatic rings. The molecule has 114 valence electrons. The Hall–Kier alpha value is -1.55. The number of nitrogens with one attached hydrogen (secondary N) is 1. The van der Waals surface area contributed by atoms with E-state index in [1.807, 2.05) is 24.8 Å². The van der Waals surface area contributed by atoms with Crippen LogP contribution in [0.3, 0.4) is 0 Å². The molecule has 1 amide bonds. The number of nitrogens with two attached hydrogens (primary N) is 1. The molecule has 0 spiro atoms. The molecule has 0 radical (unpaired) electrons.